The van der Waals surface area contributed by atoms with Gasteiger partial charge in [0.25, 0.3) is 0 Å². The summed E-state index contributed by atoms with van der Waals surface area (Å²) >= 11 is 0. The van der Waals surface area contributed by atoms with Crippen molar-refractivity contribution in [2.75, 3.05) is 6.54 Å². The number of nitrogens with zero attached hydrogens (tertiary/aromatic N) is 1. The molecule has 0 aromatic rings. The van der Waals surface area contributed by atoms with Gasteiger partial charge in [0.2, 0.25) is 5.91 Å². The molecule has 2 nitrogen and oxygen atoms in total. The number of piperidine rings is 1. The second kappa shape index (κ2) is 9.41. The van der Waals surface area contributed by atoms with Gasteiger partial charge in [0, 0.05) is 19.0 Å². The molecule has 0 aliphatic carbocycles. The van der Waals surface area contributed by atoms with Gasteiger partial charge in [-0.15, -0.1) is 0 Å². The van der Waals surface area contributed by atoms with E-state index in [2.05, 4.69) is 18.7 Å². The van der Waals surface area contributed by atoms with E-state index in [1.54, 1.807) is 0 Å². The minimum Gasteiger partial charge on any atom is -0.340 e. The van der Waals surface area contributed by atoms with Gasteiger partial charge in [0.05, 0.1) is 0 Å². The van der Waals surface area contributed by atoms with Crippen LogP contribution in [0.1, 0.15) is 84.5 Å². The van der Waals surface area contributed by atoms with Gasteiger partial charge in [-0.3, -0.25) is 4.79 Å². The number of unbranched alkanes of at least 4 members (excludes halogenated alkanes) is 6. The van der Waals surface area contributed by atoms with Crippen LogP contribution in [-0.2, 0) is 4.79 Å². The van der Waals surface area contributed by atoms with E-state index in [4.69, 9.17) is 0 Å². The minimum absolute atomic E-state index is 0.399. The van der Waals surface area contributed by atoms with E-state index >= 15 is 0 Å². The molecule has 2 heteroatoms. The van der Waals surface area contributed by atoms with Crippen molar-refractivity contribution in [3.8, 4) is 0 Å². The molecule has 1 amide bonds. The lowest BCUT2D eigenvalue weighted by Crippen LogP contribution is -2.41. The molecule has 18 heavy (non-hydrogen) atoms. The number of carbonyl (C=O) groups is 1. The molecule has 0 N–H and O–H groups in total. The van der Waals surface area contributed by atoms with Crippen LogP contribution in [0.4, 0.5) is 0 Å². The van der Waals surface area contributed by atoms with Crippen molar-refractivity contribution in [1.29, 1.82) is 0 Å². The van der Waals surface area contributed by atoms with Gasteiger partial charge in [-0.1, -0.05) is 45.4 Å². The summed E-state index contributed by atoms with van der Waals surface area (Å²) < 4.78 is 0. The molecule has 0 spiro atoms. The van der Waals surface area contributed by atoms with Crippen LogP contribution in [0.3, 0.4) is 0 Å². The predicted octanol–water partition coefficient (Wildman–Crippen LogP) is 4.53. The largest absolute Gasteiger partial charge is 0.340 e. The molecule has 1 aliphatic rings. The maximum absolute atomic E-state index is 12.1. The third-order valence-corrected chi connectivity index (χ3v) is 4.12. The molecule has 0 radical (unpaired) electrons. The lowest BCUT2D eigenvalue weighted by Gasteiger charge is -2.33. The Hall–Kier alpha value is -0.530. The number of likely N-dealkylation sites (tertiary alicyclic amines) is 1. The maximum atomic E-state index is 12.1. The van der Waals surface area contributed by atoms with Crippen molar-refractivity contribution in [3.63, 3.8) is 0 Å². The number of amides is 1. The summed E-state index contributed by atoms with van der Waals surface area (Å²) in [6.07, 6.45) is 13.5. The maximum Gasteiger partial charge on any atom is 0.222 e. The highest BCUT2D eigenvalue weighted by molar-refractivity contribution is 5.76. The van der Waals surface area contributed by atoms with Gasteiger partial charge in [0.1, 0.15) is 0 Å². The monoisotopic (exact) mass is 253 g/mol. The molecule has 0 bridgehead atoms. The van der Waals surface area contributed by atoms with Crippen LogP contribution in [0.2, 0.25) is 0 Å². The van der Waals surface area contributed by atoms with Crippen molar-refractivity contribution in [3.05, 3.63) is 0 Å². The van der Waals surface area contributed by atoms with Crippen LogP contribution in [0.5, 0.6) is 0 Å². The Bertz CT molecular complexity index is 227. The molecule has 106 valence electrons. The van der Waals surface area contributed by atoms with E-state index < -0.39 is 0 Å². The Balaban J connectivity index is 2.02. The number of hydrogen-bond donors (Lipinski definition) is 0. The molecule has 1 heterocycles. The molecule has 1 fully saturated rings. The molecule has 1 unspecified atom stereocenters. The highest BCUT2D eigenvalue weighted by Gasteiger charge is 2.22. The third kappa shape index (κ3) is 5.88. The van der Waals surface area contributed by atoms with Crippen molar-refractivity contribution in [1.82, 2.24) is 4.90 Å². The van der Waals surface area contributed by atoms with Crippen molar-refractivity contribution in [2.24, 2.45) is 0 Å². The summed E-state index contributed by atoms with van der Waals surface area (Å²) in [5.41, 5.74) is 0. The van der Waals surface area contributed by atoms with Crippen molar-refractivity contribution in [2.45, 2.75) is 90.5 Å². The van der Waals surface area contributed by atoms with Gasteiger partial charge in [0.15, 0.2) is 0 Å². The Labute approximate surface area is 113 Å². The first-order valence-corrected chi connectivity index (χ1v) is 8.05. The highest BCUT2D eigenvalue weighted by atomic mass is 16.2. The second-order valence-electron chi connectivity index (χ2n) is 5.80. The van der Waals surface area contributed by atoms with Crippen LogP contribution in [-0.4, -0.2) is 23.4 Å². The molecule has 0 saturated carbocycles. The first-order chi connectivity index (χ1) is 8.75. The van der Waals surface area contributed by atoms with E-state index in [0.29, 0.717) is 11.9 Å². The SMILES string of the molecule is CCCCCCCCCC(=O)N1CCCCC1C. The van der Waals surface area contributed by atoms with Crippen LogP contribution in [0.15, 0.2) is 0 Å². The lowest BCUT2D eigenvalue weighted by molar-refractivity contribution is -0.134. The molecule has 1 atom stereocenters. The minimum atomic E-state index is 0.399. The van der Waals surface area contributed by atoms with Crippen LogP contribution < -0.4 is 0 Å². The van der Waals surface area contributed by atoms with E-state index in [1.807, 2.05) is 0 Å². The van der Waals surface area contributed by atoms with Gasteiger partial charge in [-0.2, -0.15) is 0 Å². The zero-order valence-electron chi connectivity index (χ0n) is 12.4. The van der Waals surface area contributed by atoms with E-state index in [1.165, 1.54) is 57.8 Å². The second-order valence-corrected chi connectivity index (χ2v) is 5.80. The molecule has 0 aromatic carbocycles. The lowest BCUT2D eigenvalue weighted by atomic mass is 10.0. The van der Waals surface area contributed by atoms with E-state index in [9.17, 15) is 4.79 Å². The Kier molecular flexibility index (Phi) is 8.11. The van der Waals surface area contributed by atoms with Crippen molar-refractivity contribution < 1.29 is 4.79 Å². The quantitative estimate of drug-likeness (QED) is 0.582. The number of rotatable bonds is 8. The van der Waals surface area contributed by atoms with Gasteiger partial charge < -0.3 is 4.90 Å². The molecule has 1 aliphatic heterocycles. The Morgan fingerprint density at radius 2 is 1.72 bits per heavy atom. The predicted molar refractivity (Wildman–Crippen MR) is 77.6 cm³/mol. The summed E-state index contributed by atoms with van der Waals surface area (Å²) in [6.45, 7) is 5.44. The fraction of sp³-hybridized carbons (Fsp3) is 0.938. The Morgan fingerprint density at radius 1 is 1.06 bits per heavy atom. The first-order valence-electron chi connectivity index (χ1n) is 8.05. The fourth-order valence-corrected chi connectivity index (χ4v) is 2.85. The highest BCUT2D eigenvalue weighted by Crippen LogP contribution is 2.18. The molecule has 1 rings (SSSR count). The summed E-state index contributed by atoms with van der Waals surface area (Å²) in [4.78, 5) is 14.2. The first kappa shape index (κ1) is 15.5. The van der Waals surface area contributed by atoms with Gasteiger partial charge >= 0.3 is 0 Å². The van der Waals surface area contributed by atoms with Crippen LogP contribution >= 0.6 is 0 Å². The zero-order valence-corrected chi connectivity index (χ0v) is 12.4. The topological polar surface area (TPSA) is 20.3 Å². The molecular formula is C16H31NO. The smallest absolute Gasteiger partial charge is 0.222 e. The normalized spacial score (nSPS) is 20.1. The summed E-state index contributed by atoms with van der Waals surface area (Å²) in [5, 5.41) is 0. The summed E-state index contributed by atoms with van der Waals surface area (Å²) in [6, 6.07) is 0.482. The van der Waals surface area contributed by atoms with Crippen molar-refractivity contribution >= 4 is 5.91 Å². The fourth-order valence-electron chi connectivity index (χ4n) is 2.85. The average Bonchev–Trinajstić information content (AvgIpc) is 2.38. The van der Waals surface area contributed by atoms with E-state index in [-0.39, 0.29) is 0 Å². The van der Waals surface area contributed by atoms with Crippen LogP contribution in [0, 0.1) is 0 Å². The third-order valence-electron chi connectivity index (χ3n) is 4.12. The standard InChI is InChI=1S/C16H31NO/c1-3-4-5-6-7-8-9-13-16(18)17-14-11-10-12-15(17)2/h15H,3-14H2,1-2H3. The molecule has 0 aromatic heterocycles. The Morgan fingerprint density at radius 3 is 2.39 bits per heavy atom. The zero-order chi connectivity index (χ0) is 13.2. The van der Waals surface area contributed by atoms with Crippen LogP contribution in [0.25, 0.3) is 0 Å². The van der Waals surface area contributed by atoms with E-state index in [0.717, 1.165) is 19.4 Å². The summed E-state index contributed by atoms with van der Waals surface area (Å²) in [5.74, 6) is 0.399. The summed E-state index contributed by atoms with van der Waals surface area (Å²) in [7, 11) is 0. The molecule has 1 saturated heterocycles. The number of carbonyl (C=O) groups excluding carboxylic acids is 1. The van der Waals surface area contributed by atoms with Gasteiger partial charge in [-0.25, -0.2) is 0 Å². The van der Waals surface area contributed by atoms with Gasteiger partial charge in [-0.05, 0) is 32.6 Å². The number of hydrogen-bond acceptors (Lipinski definition) is 1. The average molecular weight is 253 g/mol. The molecular weight excluding hydrogens is 222 g/mol.